The maximum absolute atomic E-state index is 11.0. The van der Waals surface area contributed by atoms with E-state index in [0.717, 1.165) is 0 Å². The van der Waals surface area contributed by atoms with E-state index in [0.29, 0.717) is 11.5 Å². The van der Waals surface area contributed by atoms with Crippen LogP contribution in [0.5, 0.6) is 17.2 Å². The van der Waals surface area contributed by atoms with Crippen LogP contribution in [0, 0.1) is 0 Å². The fourth-order valence-electron chi connectivity index (χ4n) is 2.23. The Hall–Kier alpha value is -2.07. The first-order valence-electron chi connectivity index (χ1n) is 6.46. The molecule has 1 aromatic carbocycles. The lowest BCUT2D eigenvalue weighted by Gasteiger charge is -2.38. The van der Waals surface area contributed by atoms with E-state index in [1.54, 1.807) is 6.07 Å². The molecule has 1 saturated heterocycles. The van der Waals surface area contributed by atoms with Crippen LogP contribution < -0.4 is 14.2 Å². The first-order valence-corrected chi connectivity index (χ1v) is 6.46. The molecule has 2 heterocycles. The molecule has 0 radical (unpaired) electrons. The van der Waals surface area contributed by atoms with Gasteiger partial charge in [0.1, 0.15) is 24.1 Å². The molecule has 2 aliphatic rings. The van der Waals surface area contributed by atoms with Gasteiger partial charge in [0.05, 0.1) is 0 Å². The van der Waals surface area contributed by atoms with Gasteiger partial charge in [0.2, 0.25) is 13.1 Å². The van der Waals surface area contributed by atoms with Crippen LogP contribution in [-0.4, -0.2) is 63.9 Å². The third-order valence-corrected chi connectivity index (χ3v) is 3.41. The molecule has 0 saturated carbocycles. The van der Waals surface area contributed by atoms with Gasteiger partial charge in [-0.15, -0.1) is 0 Å². The molecule has 9 heteroatoms. The maximum Gasteiger partial charge on any atom is 0.335 e. The van der Waals surface area contributed by atoms with Gasteiger partial charge in [-0.05, 0) is 12.1 Å². The van der Waals surface area contributed by atoms with Crippen molar-refractivity contribution in [3.8, 4) is 17.2 Å². The van der Waals surface area contributed by atoms with Gasteiger partial charge in [0.25, 0.3) is 0 Å². The fraction of sp³-hybridized carbons (Fsp3) is 0.462. The van der Waals surface area contributed by atoms with Gasteiger partial charge in [0, 0.05) is 6.07 Å². The number of rotatable bonds is 3. The SMILES string of the molecule is O=C(O)[C@H]1OC(Oc2ccc3c(c2)OCO3)[C@H](O)[C@@H](O)[C@@H]1O. The minimum atomic E-state index is -1.76. The van der Waals surface area contributed by atoms with Gasteiger partial charge < -0.3 is 39.4 Å². The van der Waals surface area contributed by atoms with Gasteiger partial charge in [0.15, 0.2) is 17.6 Å². The number of carbonyl (C=O) groups is 1. The second-order valence-electron chi connectivity index (χ2n) is 4.87. The molecule has 0 spiro atoms. The van der Waals surface area contributed by atoms with Crippen molar-refractivity contribution in [3.05, 3.63) is 18.2 Å². The van der Waals surface area contributed by atoms with E-state index >= 15 is 0 Å². The molecule has 120 valence electrons. The number of hydrogen-bond acceptors (Lipinski definition) is 8. The molecule has 0 aliphatic carbocycles. The van der Waals surface area contributed by atoms with Crippen LogP contribution in [0.2, 0.25) is 0 Å². The number of carboxylic acid groups (broad SMARTS) is 1. The van der Waals surface area contributed by atoms with E-state index in [4.69, 9.17) is 24.1 Å². The summed E-state index contributed by atoms with van der Waals surface area (Å²) >= 11 is 0. The third-order valence-electron chi connectivity index (χ3n) is 3.41. The molecule has 0 bridgehead atoms. The number of fused-ring (bicyclic) bond motifs is 1. The summed E-state index contributed by atoms with van der Waals surface area (Å²) in [6.45, 7) is 0.0767. The molecule has 0 amide bonds. The van der Waals surface area contributed by atoms with Crippen molar-refractivity contribution in [2.24, 2.45) is 0 Å². The minimum absolute atomic E-state index is 0.0767. The molecular weight excluding hydrogens is 300 g/mol. The number of aliphatic hydroxyl groups excluding tert-OH is 3. The zero-order valence-corrected chi connectivity index (χ0v) is 11.2. The molecule has 4 N–H and O–H groups in total. The Bertz CT molecular complexity index is 575. The fourth-order valence-corrected chi connectivity index (χ4v) is 2.23. The molecule has 1 aromatic rings. The van der Waals surface area contributed by atoms with Crippen molar-refractivity contribution in [1.29, 1.82) is 0 Å². The zero-order valence-electron chi connectivity index (χ0n) is 11.2. The summed E-state index contributed by atoms with van der Waals surface area (Å²) in [5, 5.41) is 38.1. The number of benzene rings is 1. The molecule has 1 fully saturated rings. The van der Waals surface area contributed by atoms with E-state index in [1.165, 1.54) is 12.1 Å². The number of aliphatic hydroxyl groups is 3. The summed E-state index contributed by atoms with van der Waals surface area (Å²) in [5.74, 6) is -0.298. The summed E-state index contributed by atoms with van der Waals surface area (Å²) in [6, 6.07) is 4.56. The quantitative estimate of drug-likeness (QED) is 0.536. The number of aliphatic carboxylic acids is 1. The van der Waals surface area contributed by atoms with Gasteiger partial charge in [-0.25, -0.2) is 4.79 Å². The summed E-state index contributed by atoms with van der Waals surface area (Å²) < 4.78 is 20.7. The Morgan fingerprint density at radius 2 is 1.82 bits per heavy atom. The predicted molar refractivity (Wildman–Crippen MR) is 67.5 cm³/mol. The van der Waals surface area contributed by atoms with Crippen LogP contribution in [-0.2, 0) is 9.53 Å². The summed E-state index contributed by atoms with van der Waals surface area (Å²) in [5.41, 5.74) is 0. The summed E-state index contributed by atoms with van der Waals surface area (Å²) in [6.07, 6.45) is -8.26. The first-order chi connectivity index (χ1) is 10.5. The van der Waals surface area contributed by atoms with Gasteiger partial charge in [-0.1, -0.05) is 0 Å². The van der Waals surface area contributed by atoms with Crippen molar-refractivity contribution in [2.45, 2.75) is 30.7 Å². The Morgan fingerprint density at radius 3 is 2.55 bits per heavy atom. The predicted octanol–water partition coefficient (Wildman–Crippen LogP) is -1.31. The van der Waals surface area contributed by atoms with Crippen molar-refractivity contribution >= 4 is 5.97 Å². The Balaban J connectivity index is 1.77. The lowest BCUT2D eigenvalue weighted by Crippen LogP contribution is -2.61. The molecule has 22 heavy (non-hydrogen) atoms. The summed E-state index contributed by atoms with van der Waals surface area (Å²) in [4.78, 5) is 11.0. The molecule has 0 aromatic heterocycles. The monoisotopic (exact) mass is 314 g/mol. The highest BCUT2D eigenvalue weighted by Crippen LogP contribution is 2.36. The van der Waals surface area contributed by atoms with E-state index in [9.17, 15) is 20.1 Å². The Morgan fingerprint density at radius 1 is 1.09 bits per heavy atom. The molecule has 2 aliphatic heterocycles. The van der Waals surface area contributed by atoms with Gasteiger partial charge in [-0.3, -0.25) is 0 Å². The standard InChI is InChI=1S/C13H14O9/c14-8-9(15)11(12(17)18)22-13(10(8)16)21-5-1-2-6-7(3-5)20-4-19-6/h1-3,8-11,13-16H,4H2,(H,17,18)/t8-,9-,10+,11-,13?/m0/s1. The topological polar surface area (TPSA) is 135 Å². The smallest absolute Gasteiger partial charge is 0.335 e. The van der Waals surface area contributed by atoms with Gasteiger partial charge >= 0.3 is 5.97 Å². The molecule has 3 rings (SSSR count). The molecular formula is C13H14O9. The first kappa shape index (κ1) is 14.9. The van der Waals surface area contributed by atoms with Crippen LogP contribution in [0.15, 0.2) is 18.2 Å². The van der Waals surface area contributed by atoms with E-state index < -0.39 is 36.7 Å². The Kier molecular flexibility index (Phi) is 3.79. The van der Waals surface area contributed by atoms with E-state index in [1.807, 2.05) is 0 Å². The molecule has 1 unspecified atom stereocenters. The Labute approximate surface area is 124 Å². The van der Waals surface area contributed by atoms with Crippen LogP contribution in [0.1, 0.15) is 0 Å². The van der Waals surface area contributed by atoms with E-state index in [-0.39, 0.29) is 12.5 Å². The van der Waals surface area contributed by atoms with Crippen molar-refractivity contribution in [1.82, 2.24) is 0 Å². The second kappa shape index (κ2) is 5.61. The normalized spacial score (nSPS) is 33.5. The molecule has 5 atom stereocenters. The summed E-state index contributed by atoms with van der Waals surface area (Å²) in [7, 11) is 0. The highest BCUT2D eigenvalue weighted by molar-refractivity contribution is 5.73. The van der Waals surface area contributed by atoms with Crippen molar-refractivity contribution < 1.29 is 44.2 Å². The largest absolute Gasteiger partial charge is 0.479 e. The van der Waals surface area contributed by atoms with Crippen LogP contribution in [0.25, 0.3) is 0 Å². The average Bonchev–Trinajstić information content (AvgIpc) is 2.95. The highest BCUT2D eigenvalue weighted by Gasteiger charge is 2.48. The minimum Gasteiger partial charge on any atom is -0.479 e. The third kappa shape index (κ3) is 2.55. The van der Waals surface area contributed by atoms with Gasteiger partial charge in [-0.2, -0.15) is 0 Å². The number of ether oxygens (including phenoxy) is 4. The highest BCUT2D eigenvalue weighted by atomic mass is 16.7. The van der Waals surface area contributed by atoms with Crippen LogP contribution in [0.3, 0.4) is 0 Å². The molecule has 9 nitrogen and oxygen atoms in total. The van der Waals surface area contributed by atoms with Crippen molar-refractivity contribution in [3.63, 3.8) is 0 Å². The van der Waals surface area contributed by atoms with Crippen LogP contribution >= 0.6 is 0 Å². The lowest BCUT2D eigenvalue weighted by atomic mass is 9.99. The maximum atomic E-state index is 11.0. The van der Waals surface area contributed by atoms with Crippen molar-refractivity contribution in [2.75, 3.05) is 6.79 Å². The lowest BCUT2D eigenvalue weighted by molar-refractivity contribution is -0.271. The average molecular weight is 314 g/mol. The van der Waals surface area contributed by atoms with E-state index in [2.05, 4.69) is 0 Å². The number of hydrogen-bond donors (Lipinski definition) is 4. The second-order valence-corrected chi connectivity index (χ2v) is 4.87. The van der Waals surface area contributed by atoms with Crippen LogP contribution in [0.4, 0.5) is 0 Å². The number of carboxylic acids is 1. The zero-order chi connectivity index (χ0) is 15.9.